The molecule has 1 heterocycles. The number of ether oxygens (including phenoxy) is 1. The summed E-state index contributed by atoms with van der Waals surface area (Å²) in [6, 6.07) is 7.55. The van der Waals surface area contributed by atoms with Gasteiger partial charge in [0.2, 0.25) is 17.6 Å². The molecule has 28 heavy (non-hydrogen) atoms. The van der Waals surface area contributed by atoms with E-state index in [0.29, 0.717) is 24.7 Å². The van der Waals surface area contributed by atoms with Gasteiger partial charge in [-0.25, -0.2) is 0 Å². The van der Waals surface area contributed by atoms with Gasteiger partial charge >= 0.3 is 0 Å². The highest BCUT2D eigenvalue weighted by Crippen LogP contribution is 2.60. The Bertz CT molecular complexity index is 823. The van der Waals surface area contributed by atoms with Gasteiger partial charge in [0.25, 0.3) is 0 Å². The van der Waals surface area contributed by atoms with Crippen LogP contribution < -0.4 is 10.1 Å². The molecule has 0 aliphatic heterocycles. The number of rotatable bonds is 6. The average molecular weight is 381 g/mol. The summed E-state index contributed by atoms with van der Waals surface area (Å²) < 4.78 is 10.5. The Balaban J connectivity index is 1.17. The van der Waals surface area contributed by atoms with Gasteiger partial charge in [-0.15, -0.1) is 0 Å². The summed E-state index contributed by atoms with van der Waals surface area (Å²) in [5, 5.41) is 7.22. The van der Waals surface area contributed by atoms with Crippen molar-refractivity contribution < 1.29 is 14.1 Å². The van der Waals surface area contributed by atoms with E-state index < -0.39 is 0 Å². The zero-order valence-corrected chi connectivity index (χ0v) is 16.3. The fourth-order valence-corrected chi connectivity index (χ4v) is 6.07. The number of benzene rings is 1. The lowest BCUT2D eigenvalue weighted by atomic mass is 9.49. The van der Waals surface area contributed by atoms with Crippen molar-refractivity contribution in [2.24, 2.45) is 23.2 Å². The molecule has 4 aliphatic carbocycles. The van der Waals surface area contributed by atoms with Crippen molar-refractivity contribution in [1.82, 2.24) is 15.5 Å². The van der Waals surface area contributed by atoms with Crippen molar-refractivity contribution in [2.45, 2.75) is 44.9 Å². The van der Waals surface area contributed by atoms with Crippen molar-refractivity contribution in [3.8, 4) is 17.1 Å². The lowest BCUT2D eigenvalue weighted by molar-refractivity contribution is -0.146. The fraction of sp³-hybridized carbons (Fsp3) is 0.591. The topological polar surface area (TPSA) is 77.3 Å². The SMILES string of the molecule is COc1ccc(-c2noc(CCNC(=O)C34CC5CC(CC(C5)C3)C4)n2)cc1. The zero-order chi connectivity index (χ0) is 19.1. The van der Waals surface area contributed by atoms with Crippen LogP contribution in [0.15, 0.2) is 28.8 Å². The van der Waals surface area contributed by atoms with E-state index >= 15 is 0 Å². The van der Waals surface area contributed by atoms with Crippen LogP contribution >= 0.6 is 0 Å². The minimum atomic E-state index is -0.0994. The molecule has 0 unspecified atom stereocenters. The Hall–Kier alpha value is -2.37. The number of nitrogens with one attached hydrogen (secondary N) is 1. The largest absolute Gasteiger partial charge is 0.497 e. The summed E-state index contributed by atoms with van der Waals surface area (Å²) >= 11 is 0. The van der Waals surface area contributed by atoms with Crippen molar-refractivity contribution >= 4 is 5.91 Å². The van der Waals surface area contributed by atoms with E-state index in [4.69, 9.17) is 9.26 Å². The molecule has 1 N–H and O–H groups in total. The number of aromatic nitrogens is 2. The Morgan fingerprint density at radius 3 is 2.39 bits per heavy atom. The zero-order valence-electron chi connectivity index (χ0n) is 16.3. The van der Waals surface area contributed by atoms with E-state index in [9.17, 15) is 4.79 Å². The lowest BCUT2D eigenvalue weighted by Gasteiger charge is -2.55. The van der Waals surface area contributed by atoms with Crippen LogP contribution in [0.25, 0.3) is 11.4 Å². The third kappa shape index (κ3) is 3.19. The monoisotopic (exact) mass is 381 g/mol. The minimum Gasteiger partial charge on any atom is -0.497 e. The first-order valence-corrected chi connectivity index (χ1v) is 10.4. The molecule has 148 valence electrons. The maximum absolute atomic E-state index is 13.0. The standard InChI is InChI=1S/C22H27N3O3/c1-27-18-4-2-17(3-5-18)20-24-19(28-25-20)6-7-23-21(26)22-11-14-8-15(12-22)10-16(9-14)13-22/h2-5,14-16H,6-13H2,1H3,(H,23,26). The van der Waals surface area contributed by atoms with Crippen LogP contribution in [0, 0.1) is 23.2 Å². The van der Waals surface area contributed by atoms with Crippen LogP contribution in [0.5, 0.6) is 5.75 Å². The lowest BCUT2D eigenvalue weighted by Crippen LogP contribution is -2.53. The maximum Gasteiger partial charge on any atom is 0.228 e. The van der Waals surface area contributed by atoms with E-state index in [1.807, 2.05) is 24.3 Å². The van der Waals surface area contributed by atoms with Crippen molar-refractivity contribution in [2.75, 3.05) is 13.7 Å². The van der Waals surface area contributed by atoms with Gasteiger partial charge < -0.3 is 14.6 Å². The Labute approximate surface area is 165 Å². The number of hydrogen-bond donors (Lipinski definition) is 1. The molecular formula is C22H27N3O3. The number of amides is 1. The average Bonchev–Trinajstić information content (AvgIpc) is 3.16. The molecule has 2 aromatic rings. The first-order chi connectivity index (χ1) is 13.6. The number of methoxy groups -OCH3 is 1. The molecule has 6 rings (SSSR count). The summed E-state index contributed by atoms with van der Waals surface area (Å²) in [6.45, 7) is 0.546. The quantitative estimate of drug-likeness (QED) is 0.827. The molecule has 1 aromatic heterocycles. The number of hydrogen-bond acceptors (Lipinski definition) is 5. The highest BCUT2D eigenvalue weighted by molar-refractivity contribution is 5.83. The molecule has 0 radical (unpaired) electrons. The molecule has 0 saturated heterocycles. The molecule has 0 spiro atoms. The van der Waals surface area contributed by atoms with Crippen molar-refractivity contribution in [3.63, 3.8) is 0 Å². The smallest absolute Gasteiger partial charge is 0.228 e. The van der Waals surface area contributed by atoms with Crippen molar-refractivity contribution in [3.05, 3.63) is 30.2 Å². The predicted octanol–water partition coefficient (Wildman–Crippen LogP) is 3.62. The van der Waals surface area contributed by atoms with Gasteiger partial charge in [0.1, 0.15) is 5.75 Å². The number of carbonyl (C=O) groups is 1. The van der Waals surface area contributed by atoms with Crippen LogP contribution in [-0.4, -0.2) is 29.7 Å². The first kappa shape index (κ1) is 17.7. The number of nitrogens with zero attached hydrogens (tertiary/aromatic N) is 2. The summed E-state index contributed by atoms with van der Waals surface area (Å²) in [6.07, 6.45) is 7.88. The van der Waals surface area contributed by atoms with E-state index in [2.05, 4.69) is 15.5 Å². The Morgan fingerprint density at radius 1 is 1.14 bits per heavy atom. The second-order valence-electron chi connectivity index (χ2n) is 8.94. The van der Waals surface area contributed by atoms with E-state index in [1.54, 1.807) is 7.11 Å². The molecule has 4 saturated carbocycles. The van der Waals surface area contributed by atoms with Crippen LogP contribution in [0.4, 0.5) is 0 Å². The third-order valence-corrected chi connectivity index (χ3v) is 6.96. The molecular weight excluding hydrogens is 354 g/mol. The van der Waals surface area contributed by atoms with Gasteiger partial charge in [-0.05, 0) is 80.5 Å². The fourth-order valence-electron chi connectivity index (χ4n) is 6.07. The van der Waals surface area contributed by atoms with Crippen LogP contribution in [0.3, 0.4) is 0 Å². The first-order valence-electron chi connectivity index (χ1n) is 10.4. The molecule has 4 aliphatic rings. The van der Waals surface area contributed by atoms with Crippen LogP contribution in [0.1, 0.15) is 44.4 Å². The third-order valence-electron chi connectivity index (χ3n) is 6.96. The molecule has 1 amide bonds. The van der Waals surface area contributed by atoms with E-state index in [-0.39, 0.29) is 11.3 Å². The minimum absolute atomic E-state index is 0.0994. The molecule has 6 heteroatoms. The van der Waals surface area contributed by atoms with E-state index in [1.165, 1.54) is 19.3 Å². The van der Waals surface area contributed by atoms with Gasteiger partial charge in [0, 0.05) is 23.9 Å². The Morgan fingerprint density at radius 2 is 1.79 bits per heavy atom. The normalized spacial score (nSPS) is 30.4. The van der Waals surface area contributed by atoms with Gasteiger partial charge in [0.05, 0.1) is 7.11 Å². The summed E-state index contributed by atoms with van der Waals surface area (Å²) in [5.74, 6) is 4.49. The predicted molar refractivity (Wildman–Crippen MR) is 104 cm³/mol. The molecule has 1 aromatic carbocycles. The molecule has 4 bridgehead atoms. The van der Waals surface area contributed by atoms with E-state index in [0.717, 1.165) is 48.3 Å². The van der Waals surface area contributed by atoms with Gasteiger partial charge in [-0.2, -0.15) is 4.98 Å². The highest BCUT2D eigenvalue weighted by atomic mass is 16.5. The van der Waals surface area contributed by atoms with Gasteiger partial charge in [-0.1, -0.05) is 5.16 Å². The summed E-state index contributed by atoms with van der Waals surface area (Å²) in [5.41, 5.74) is 0.783. The van der Waals surface area contributed by atoms with Gasteiger partial charge in [-0.3, -0.25) is 4.79 Å². The van der Waals surface area contributed by atoms with Crippen molar-refractivity contribution in [1.29, 1.82) is 0 Å². The van der Waals surface area contributed by atoms with Crippen LogP contribution in [0.2, 0.25) is 0 Å². The summed E-state index contributed by atoms with van der Waals surface area (Å²) in [7, 11) is 1.64. The second-order valence-corrected chi connectivity index (χ2v) is 8.94. The Kier molecular flexibility index (Phi) is 4.37. The second kappa shape index (κ2) is 6.90. The van der Waals surface area contributed by atoms with Gasteiger partial charge in [0.15, 0.2) is 0 Å². The van der Waals surface area contributed by atoms with Crippen LogP contribution in [-0.2, 0) is 11.2 Å². The molecule has 4 fully saturated rings. The molecule has 0 atom stereocenters. The maximum atomic E-state index is 13.0. The molecule has 6 nitrogen and oxygen atoms in total. The highest BCUT2D eigenvalue weighted by Gasteiger charge is 2.54. The summed E-state index contributed by atoms with van der Waals surface area (Å²) in [4.78, 5) is 17.4. The number of carbonyl (C=O) groups excluding carboxylic acids is 1.